The van der Waals surface area contributed by atoms with Crippen molar-refractivity contribution in [3.63, 3.8) is 0 Å². The molecule has 4 heteroatoms. The van der Waals surface area contributed by atoms with Gasteiger partial charge in [0.15, 0.2) is 0 Å². The number of fused-ring (bicyclic) bond motifs is 1. The SMILES string of the molecule is Oc1cc(Br)cc2c(O)c(Br)ccc12. The minimum Gasteiger partial charge on any atom is -0.507 e. The summed E-state index contributed by atoms with van der Waals surface area (Å²) in [4.78, 5) is 0. The van der Waals surface area contributed by atoms with Crippen molar-refractivity contribution in [2.24, 2.45) is 0 Å². The molecule has 2 N–H and O–H groups in total. The van der Waals surface area contributed by atoms with Crippen LogP contribution < -0.4 is 0 Å². The maximum Gasteiger partial charge on any atom is 0.137 e. The van der Waals surface area contributed by atoms with Crippen molar-refractivity contribution < 1.29 is 10.2 Å². The van der Waals surface area contributed by atoms with E-state index in [1.54, 1.807) is 24.3 Å². The summed E-state index contributed by atoms with van der Waals surface area (Å²) in [6.07, 6.45) is 0. The van der Waals surface area contributed by atoms with Crippen molar-refractivity contribution in [3.05, 3.63) is 33.2 Å². The molecule has 2 aromatic carbocycles. The van der Waals surface area contributed by atoms with Gasteiger partial charge >= 0.3 is 0 Å². The Bertz CT molecular complexity index is 509. The molecule has 2 rings (SSSR count). The largest absolute Gasteiger partial charge is 0.507 e. The molecule has 0 aliphatic rings. The molecule has 0 aliphatic heterocycles. The zero-order valence-electron chi connectivity index (χ0n) is 6.96. The molecule has 14 heavy (non-hydrogen) atoms. The van der Waals surface area contributed by atoms with Crippen LogP contribution in [0.1, 0.15) is 0 Å². The second kappa shape index (κ2) is 3.44. The van der Waals surface area contributed by atoms with E-state index in [4.69, 9.17) is 0 Å². The van der Waals surface area contributed by atoms with Crippen LogP contribution in [-0.4, -0.2) is 10.2 Å². The highest BCUT2D eigenvalue weighted by Gasteiger charge is 2.08. The molecule has 0 aromatic heterocycles. The van der Waals surface area contributed by atoms with Gasteiger partial charge < -0.3 is 10.2 Å². The number of phenolic OH excluding ortho intramolecular Hbond substituents is 2. The fraction of sp³-hybridized carbons (Fsp3) is 0. The lowest BCUT2D eigenvalue weighted by atomic mass is 10.1. The molecule has 2 aromatic rings. The van der Waals surface area contributed by atoms with Gasteiger partial charge in [0.25, 0.3) is 0 Å². The smallest absolute Gasteiger partial charge is 0.137 e. The van der Waals surface area contributed by atoms with Gasteiger partial charge in [-0.05, 0) is 40.2 Å². The summed E-state index contributed by atoms with van der Waals surface area (Å²) in [6.45, 7) is 0. The fourth-order valence-electron chi connectivity index (χ4n) is 1.34. The summed E-state index contributed by atoms with van der Waals surface area (Å²) in [5.74, 6) is 0.288. The van der Waals surface area contributed by atoms with Crippen molar-refractivity contribution in [2.75, 3.05) is 0 Å². The third-order valence-electron chi connectivity index (χ3n) is 2.00. The van der Waals surface area contributed by atoms with Gasteiger partial charge in [0.2, 0.25) is 0 Å². The molecule has 0 aliphatic carbocycles. The zero-order valence-corrected chi connectivity index (χ0v) is 10.1. The predicted octanol–water partition coefficient (Wildman–Crippen LogP) is 3.78. The average Bonchev–Trinajstić information content (AvgIpc) is 2.12. The van der Waals surface area contributed by atoms with E-state index in [0.717, 1.165) is 4.47 Å². The summed E-state index contributed by atoms with van der Waals surface area (Å²) < 4.78 is 1.35. The molecule has 0 fully saturated rings. The van der Waals surface area contributed by atoms with Crippen LogP contribution in [0.25, 0.3) is 10.8 Å². The number of hydrogen-bond donors (Lipinski definition) is 2. The van der Waals surface area contributed by atoms with Crippen LogP contribution >= 0.6 is 31.9 Å². The Morgan fingerprint density at radius 2 is 1.64 bits per heavy atom. The van der Waals surface area contributed by atoms with E-state index in [1.807, 2.05) is 0 Å². The highest BCUT2D eigenvalue weighted by Crippen LogP contribution is 2.38. The molecule has 0 saturated heterocycles. The first-order valence-corrected chi connectivity index (χ1v) is 5.48. The normalized spacial score (nSPS) is 10.7. The molecule has 0 radical (unpaired) electrons. The maximum atomic E-state index is 9.73. The number of halogens is 2. The summed E-state index contributed by atoms with van der Waals surface area (Å²) in [5.41, 5.74) is 0. The molecule has 72 valence electrons. The quantitative estimate of drug-likeness (QED) is 0.776. The molecule has 0 amide bonds. The average molecular weight is 318 g/mol. The molecule has 0 unspecified atom stereocenters. The van der Waals surface area contributed by atoms with Crippen molar-refractivity contribution >= 4 is 42.6 Å². The Labute approximate surface area is 97.4 Å². The van der Waals surface area contributed by atoms with Crippen molar-refractivity contribution in [3.8, 4) is 11.5 Å². The van der Waals surface area contributed by atoms with Gasteiger partial charge in [0.1, 0.15) is 11.5 Å². The Hall–Kier alpha value is -0.740. The van der Waals surface area contributed by atoms with E-state index in [-0.39, 0.29) is 11.5 Å². The molecule has 0 atom stereocenters. The third kappa shape index (κ3) is 1.48. The van der Waals surface area contributed by atoms with Crippen LogP contribution in [0.5, 0.6) is 11.5 Å². The number of hydrogen-bond acceptors (Lipinski definition) is 2. The summed E-state index contributed by atoms with van der Waals surface area (Å²) in [5, 5.41) is 20.6. The molecule has 0 bridgehead atoms. The number of aromatic hydroxyl groups is 2. The first kappa shape index (κ1) is 9.80. The van der Waals surface area contributed by atoms with E-state index in [1.165, 1.54) is 0 Å². The zero-order chi connectivity index (χ0) is 10.3. The highest BCUT2D eigenvalue weighted by molar-refractivity contribution is 9.10. The molecule has 0 spiro atoms. The van der Waals surface area contributed by atoms with E-state index in [9.17, 15) is 10.2 Å². The second-order valence-corrected chi connectivity index (χ2v) is 4.69. The summed E-state index contributed by atoms with van der Waals surface area (Å²) >= 11 is 6.47. The van der Waals surface area contributed by atoms with Gasteiger partial charge in [0.05, 0.1) is 4.47 Å². The van der Waals surface area contributed by atoms with Crippen molar-refractivity contribution in [1.29, 1.82) is 0 Å². The summed E-state index contributed by atoms with van der Waals surface area (Å²) in [6, 6.07) is 6.80. The van der Waals surface area contributed by atoms with Crippen LogP contribution in [0, 0.1) is 0 Å². The van der Waals surface area contributed by atoms with E-state index in [0.29, 0.717) is 15.2 Å². The lowest BCUT2D eigenvalue weighted by Gasteiger charge is -2.05. The summed E-state index contributed by atoms with van der Waals surface area (Å²) in [7, 11) is 0. The molecular weight excluding hydrogens is 312 g/mol. The first-order valence-electron chi connectivity index (χ1n) is 3.89. The van der Waals surface area contributed by atoms with Crippen LogP contribution in [0.15, 0.2) is 33.2 Å². The van der Waals surface area contributed by atoms with Gasteiger partial charge in [-0.3, -0.25) is 0 Å². The Morgan fingerprint density at radius 3 is 2.36 bits per heavy atom. The molecule has 0 heterocycles. The Kier molecular flexibility index (Phi) is 2.41. The van der Waals surface area contributed by atoms with Gasteiger partial charge in [-0.2, -0.15) is 0 Å². The van der Waals surface area contributed by atoms with Gasteiger partial charge in [-0.25, -0.2) is 0 Å². The van der Waals surface area contributed by atoms with E-state index < -0.39 is 0 Å². The highest BCUT2D eigenvalue weighted by atomic mass is 79.9. The molecular formula is C10H6Br2O2. The number of phenols is 2. The second-order valence-electron chi connectivity index (χ2n) is 2.92. The minimum absolute atomic E-state index is 0.138. The number of rotatable bonds is 0. The van der Waals surface area contributed by atoms with Crippen LogP contribution in [-0.2, 0) is 0 Å². The lowest BCUT2D eigenvalue weighted by molar-refractivity contribution is 0.473. The standard InChI is InChI=1S/C10H6Br2O2/c11-5-3-7-6(9(13)4-5)1-2-8(12)10(7)14/h1-4,13-14H. The Balaban J connectivity index is 2.95. The maximum absolute atomic E-state index is 9.73. The molecule has 2 nitrogen and oxygen atoms in total. The van der Waals surface area contributed by atoms with Gasteiger partial charge in [-0.15, -0.1) is 0 Å². The fourth-order valence-corrected chi connectivity index (χ4v) is 2.13. The monoisotopic (exact) mass is 316 g/mol. The van der Waals surface area contributed by atoms with Gasteiger partial charge in [0, 0.05) is 15.2 Å². The Morgan fingerprint density at radius 1 is 0.929 bits per heavy atom. The molecule has 0 saturated carbocycles. The lowest BCUT2D eigenvalue weighted by Crippen LogP contribution is -1.77. The van der Waals surface area contributed by atoms with E-state index >= 15 is 0 Å². The minimum atomic E-state index is 0.138. The van der Waals surface area contributed by atoms with Crippen molar-refractivity contribution in [2.45, 2.75) is 0 Å². The van der Waals surface area contributed by atoms with Crippen LogP contribution in [0.4, 0.5) is 0 Å². The predicted molar refractivity (Wildman–Crippen MR) is 62.7 cm³/mol. The van der Waals surface area contributed by atoms with E-state index in [2.05, 4.69) is 31.9 Å². The third-order valence-corrected chi connectivity index (χ3v) is 3.10. The number of benzene rings is 2. The topological polar surface area (TPSA) is 40.5 Å². The van der Waals surface area contributed by atoms with Crippen molar-refractivity contribution in [1.82, 2.24) is 0 Å². The van der Waals surface area contributed by atoms with Crippen LogP contribution in [0.3, 0.4) is 0 Å². The van der Waals surface area contributed by atoms with Crippen LogP contribution in [0.2, 0.25) is 0 Å². The van der Waals surface area contributed by atoms with Gasteiger partial charge in [-0.1, -0.05) is 15.9 Å². The first-order chi connectivity index (χ1) is 6.59.